The third-order valence-corrected chi connectivity index (χ3v) is 4.94. The molecule has 3 aromatic rings. The number of furan rings is 2. The smallest absolute Gasteiger partial charge is 0.293 e. The van der Waals surface area contributed by atoms with E-state index in [0.29, 0.717) is 30.4 Å². The number of rotatable bonds is 4. The number of nitrogens with zero attached hydrogens (tertiary/aromatic N) is 2. The lowest BCUT2D eigenvalue weighted by atomic mass is 10.2. The number of nitrogens with one attached hydrogen (secondary N) is 1. The third kappa shape index (κ3) is 3.45. The molecule has 0 aliphatic carbocycles. The van der Waals surface area contributed by atoms with Gasteiger partial charge in [-0.15, -0.1) is 0 Å². The summed E-state index contributed by atoms with van der Waals surface area (Å²) in [6.45, 7) is 1.06. The fraction of sp³-hybridized carbons (Fsp3) is 0.167. The first-order valence-corrected chi connectivity index (χ1v) is 8.84. The summed E-state index contributed by atoms with van der Waals surface area (Å²) < 4.78 is 10.3. The van der Waals surface area contributed by atoms with Crippen LogP contribution in [0.4, 0.5) is 5.13 Å². The molecule has 1 aliphatic heterocycles. The number of carbonyl (C=O) groups excluding carboxylic acids is 2. The summed E-state index contributed by atoms with van der Waals surface area (Å²) in [5, 5.41) is 3.25. The molecule has 2 amide bonds. The molecule has 0 bridgehead atoms. The second-order valence-electron chi connectivity index (χ2n) is 5.68. The summed E-state index contributed by atoms with van der Waals surface area (Å²) in [6, 6.07) is 6.80. The molecule has 1 N–H and O–H groups in total. The first-order chi connectivity index (χ1) is 12.7. The molecule has 0 aromatic carbocycles. The molecule has 0 radical (unpaired) electrons. The molecule has 7 nitrogen and oxygen atoms in total. The van der Waals surface area contributed by atoms with Crippen molar-refractivity contribution in [3.63, 3.8) is 0 Å². The van der Waals surface area contributed by atoms with E-state index in [4.69, 9.17) is 8.83 Å². The quantitative estimate of drug-likeness (QED) is 0.714. The van der Waals surface area contributed by atoms with Crippen molar-refractivity contribution < 1.29 is 18.4 Å². The van der Waals surface area contributed by atoms with Crippen LogP contribution in [0.2, 0.25) is 0 Å². The molecule has 0 unspecified atom stereocenters. The first kappa shape index (κ1) is 16.3. The molecule has 0 atom stereocenters. The highest BCUT2D eigenvalue weighted by Gasteiger charge is 2.24. The van der Waals surface area contributed by atoms with Crippen molar-refractivity contribution in [3.05, 3.63) is 65.0 Å². The van der Waals surface area contributed by atoms with Gasteiger partial charge >= 0.3 is 0 Å². The topological polar surface area (TPSA) is 88.6 Å². The molecule has 0 saturated heterocycles. The van der Waals surface area contributed by atoms with Gasteiger partial charge < -0.3 is 13.7 Å². The molecular weight excluding hydrogens is 354 g/mol. The predicted molar refractivity (Wildman–Crippen MR) is 95.6 cm³/mol. The van der Waals surface area contributed by atoms with E-state index in [9.17, 15) is 9.59 Å². The van der Waals surface area contributed by atoms with Crippen LogP contribution in [0.5, 0.6) is 0 Å². The van der Waals surface area contributed by atoms with E-state index >= 15 is 0 Å². The van der Waals surface area contributed by atoms with Crippen LogP contribution in [-0.2, 0) is 17.8 Å². The number of thiazole rings is 1. The Morgan fingerprint density at radius 3 is 2.85 bits per heavy atom. The number of carbonyl (C=O) groups is 2. The van der Waals surface area contributed by atoms with Crippen molar-refractivity contribution >= 4 is 34.4 Å². The molecule has 4 heterocycles. The monoisotopic (exact) mass is 369 g/mol. The van der Waals surface area contributed by atoms with Gasteiger partial charge in [0.25, 0.3) is 5.91 Å². The number of aromatic nitrogens is 1. The molecule has 1 aliphatic rings. The van der Waals surface area contributed by atoms with E-state index in [1.807, 2.05) is 0 Å². The highest BCUT2D eigenvalue weighted by atomic mass is 32.1. The first-order valence-electron chi connectivity index (χ1n) is 8.03. The number of anilines is 1. The average molecular weight is 369 g/mol. The molecule has 4 rings (SSSR count). The van der Waals surface area contributed by atoms with Gasteiger partial charge in [-0.2, -0.15) is 0 Å². The summed E-state index contributed by atoms with van der Waals surface area (Å²) in [6.07, 6.45) is 6.82. The van der Waals surface area contributed by atoms with Gasteiger partial charge in [0.2, 0.25) is 5.91 Å². The average Bonchev–Trinajstić information content (AvgIpc) is 3.39. The fourth-order valence-electron chi connectivity index (χ4n) is 2.65. The largest absolute Gasteiger partial charge is 0.465 e. The van der Waals surface area contributed by atoms with Gasteiger partial charge in [0.1, 0.15) is 5.76 Å². The van der Waals surface area contributed by atoms with E-state index in [-0.39, 0.29) is 17.6 Å². The summed E-state index contributed by atoms with van der Waals surface area (Å²) in [4.78, 5) is 31.6. The Kier molecular flexibility index (Phi) is 4.40. The van der Waals surface area contributed by atoms with Gasteiger partial charge in [0, 0.05) is 23.9 Å². The van der Waals surface area contributed by atoms with Gasteiger partial charge in [-0.25, -0.2) is 4.98 Å². The lowest BCUT2D eigenvalue weighted by Gasteiger charge is -2.24. The van der Waals surface area contributed by atoms with Crippen molar-refractivity contribution in [2.75, 3.05) is 11.9 Å². The molecule has 132 valence electrons. The van der Waals surface area contributed by atoms with Crippen LogP contribution in [0, 0.1) is 0 Å². The van der Waals surface area contributed by atoms with Gasteiger partial charge in [-0.05, 0) is 30.3 Å². The van der Waals surface area contributed by atoms with Crippen LogP contribution in [-0.4, -0.2) is 28.2 Å². The number of hydrogen-bond donors (Lipinski definition) is 1. The summed E-state index contributed by atoms with van der Waals surface area (Å²) >= 11 is 1.38. The Labute approximate surface area is 152 Å². The Morgan fingerprint density at radius 1 is 1.23 bits per heavy atom. The zero-order valence-corrected chi connectivity index (χ0v) is 14.5. The summed E-state index contributed by atoms with van der Waals surface area (Å²) in [5.74, 6) is 0.451. The van der Waals surface area contributed by atoms with Crippen molar-refractivity contribution in [2.45, 2.75) is 13.0 Å². The minimum Gasteiger partial charge on any atom is -0.465 e. The van der Waals surface area contributed by atoms with Gasteiger partial charge in [0.15, 0.2) is 10.9 Å². The third-order valence-electron chi connectivity index (χ3n) is 3.94. The van der Waals surface area contributed by atoms with Crippen molar-refractivity contribution in [1.29, 1.82) is 0 Å². The van der Waals surface area contributed by atoms with Crippen LogP contribution >= 0.6 is 11.3 Å². The SMILES string of the molecule is O=C(Nc1nc2c(s1)CN(C(=O)/C=C/c1ccco1)CC2)c1ccco1. The maximum absolute atomic E-state index is 12.3. The zero-order chi connectivity index (χ0) is 17.9. The molecule has 0 saturated carbocycles. The van der Waals surface area contributed by atoms with Crippen LogP contribution < -0.4 is 5.32 Å². The van der Waals surface area contributed by atoms with Crippen molar-refractivity contribution in [3.8, 4) is 0 Å². The molecule has 26 heavy (non-hydrogen) atoms. The van der Waals surface area contributed by atoms with Crippen LogP contribution in [0.25, 0.3) is 6.08 Å². The minimum absolute atomic E-state index is 0.0818. The summed E-state index contributed by atoms with van der Waals surface area (Å²) in [7, 11) is 0. The van der Waals surface area contributed by atoms with Crippen LogP contribution in [0.15, 0.2) is 51.7 Å². The lowest BCUT2D eigenvalue weighted by Crippen LogP contribution is -2.34. The lowest BCUT2D eigenvalue weighted by molar-refractivity contribution is -0.126. The Balaban J connectivity index is 1.41. The maximum atomic E-state index is 12.3. The van der Waals surface area contributed by atoms with E-state index in [1.54, 1.807) is 41.5 Å². The van der Waals surface area contributed by atoms with Gasteiger partial charge in [0.05, 0.1) is 24.8 Å². The number of fused-ring (bicyclic) bond motifs is 1. The van der Waals surface area contributed by atoms with Gasteiger partial charge in [-0.3, -0.25) is 14.9 Å². The highest BCUT2D eigenvalue weighted by molar-refractivity contribution is 7.15. The molecule has 3 aromatic heterocycles. The molecular formula is C18H15N3O4S. The standard InChI is InChI=1S/C18H15N3O4S/c22-16(6-5-12-3-1-9-24-12)21-8-7-13-15(11-21)26-18(19-13)20-17(23)14-4-2-10-25-14/h1-6,9-10H,7-8,11H2,(H,19,20,23)/b6-5+. The fourth-order valence-corrected chi connectivity index (χ4v) is 3.67. The van der Waals surface area contributed by atoms with Crippen LogP contribution in [0.3, 0.4) is 0 Å². The zero-order valence-electron chi connectivity index (χ0n) is 13.7. The van der Waals surface area contributed by atoms with E-state index < -0.39 is 0 Å². The van der Waals surface area contributed by atoms with Crippen molar-refractivity contribution in [1.82, 2.24) is 9.88 Å². The Morgan fingerprint density at radius 2 is 2.08 bits per heavy atom. The van der Waals surface area contributed by atoms with E-state index in [2.05, 4.69) is 10.3 Å². The normalized spacial score (nSPS) is 13.8. The second-order valence-corrected chi connectivity index (χ2v) is 6.76. The highest BCUT2D eigenvalue weighted by Crippen LogP contribution is 2.28. The number of hydrogen-bond acceptors (Lipinski definition) is 6. The summed E-state index contributed by atoms with van der Waals surface area (Å²) in [5.41, 5.74) is 0.920. The second kappa shape index (κ2) is 7.01. The van der Waals surface area contributed by atoms with Crippen LogP contribution in [0.1, 0.15) is 26.9 Å². The molecule has 0 fully saturated rings. The molecule has 8 heteroatoms. The Bertz CT molecular complexity index is 941. The van der Waals surface area contributed by atoms with E-state index in [0.717, 1.165) is 10.6 Å². The predicted octanol–water partition coefficient (Wildman–Crippen LogP) is 3.18. The minimum atomic E-state index is -0.338. The van der Waals surface area contributed by atoms with Gasteiger partial charge in [-0.1, -0.05) is 11.3 Å². The maximum Gasteiger partial charge on any atom is 0.293 e. The molecule has 0 spiro atoms. The Hall–Kier alpha value is -3.13. The number of amides is 2. The van der Waals surface area contributed by atoms with Crippen molar-refractivity contribution in [2.24, 2.45) is 0 Å². The van der Waals surface area contributed by atoms with E-state index in [1.165, 1.54) is 23.7 Å².